The minimum Gasteiger partial charge on any atom is -0.465 e. The van der Waals surface area contributed by atoms with Crippen LogP contribution < -0.4 is 0 Å². The minimum atomic E-state index is -1.78. The normalized spacial score (nSPS) is 12.3. The molecule has 4 rings (SSSR count). The zero-order valence-corrected chi connectivity index (χ0v) is 20.7. The van der Waals surface area contributed by atoms with Crippen molar-refractivity contribution >= 4 is 63.4 Å². The summed E-state index contributed by atoms with van der Waals surface area (Å²) in [6.07, 6.45) is 1.03. The van der Waals surface area contributed by atoms with Crippen molar-refractivity contribution in [2.75, 3.05) is 13.2 Å². The lowest BCUT2D eigenvalue weighted by Crippen LogP contribution is -2.36. The Morgan fingerprint density at radius 2 is 1.62 bits per heavy atom. The maximum atomic E-state index is 13.9. The van der Waals surface area contributed by atoms with E-state index >= 15 is 0 Å². The van der Waals surface area contributed by atoms with E-state index in [1.54, 1.807) is 26.0 Å². The molecule has 6 nitrogen and oxygen atoms in total. The molecule has 0 spiro atoms. The Bertz CT molecular complexity index is 1320. The second kappa shape index (κ2) is 9.90. The average molecular weight is 521 g/mol. The van der Waals surface area contributed by atoms with Crippen LogP contribution in [0.25, 0.3) is 22.2 Å². The van der Waals surface area contributed by atoms with Gasteiger partial charge in [0, 0.05) is 26.6 Å². The molecule has 3 aromatic rings. The van der Waals surface area contributed by atoms with Crippen LogP contribution in [-0.2, 0) is 31.9 Å². The zero-order valence-electron chi connectivity index (χ0n) is 18.4. The molecule has 0 amide bonds. The zero-order chi connectivity index (χ0) is 24.6. The molecule has 0 fully saturated rings. The quantitative estimate of drug-likeness (QED) is 0.229. The molecular formula is C25H20Cl3NO5. The molecule has 0 aliphatic heterocycles. The van der Waals surface area contributed by atoms with E-state index in [-0.39, 0.29) is 23.8 Å². The lowest BCUT2D eigenvalue weighted by Gasteiger charge is -2.24. The van der Waals surface area contributed by atoms with Gasteiger partial charge in [-0.1, -0.05) is 40.9 Å². The highest BCUT2D eigenvalue weighted by Gasteiger charge is 2.40. The molecule has 9 heteroatoms. The number of benzene rings is 2. The van der Waals surface area contributed by atoms with Gasteiger partial charge in [0.2, 0.25) is 5.92 Å². The molecule has 0 saturated carbocycles. The third-order valence-corrected chi connectivity index (χ3v) is 6.37. The van der Waals surface area contributed by atoms with E-state index in [9.17, 15) is 14.4 Å². The van der Waals surface area contributed by atoms with Crippen LogP contribution in [0.4, 0.5) is 0 Å². The Kier molecular flexibility index (Phi) is 7.12. The summed E-state index contributed by atoms with van der Waals surface area (Å²) >= 11 is 18.9. The molecular weight excluding hydrogens is 501 g/mol. The average Bonchev–Trinajstić information content (AvgIpc) is 2.77. The molecule has 2 aromatic carbocycles. The Labute approximate surface area is 211 Å². The summed E-state index contributed by atoms with van der Waals surface area (Å²) in [5, 5.41) is 1.48. The number of carbonyl (C=O) groups excluding carboxylic acids is 3. The Balaban J connectivity index is 2.03. The number of nitrogens with zero attached hydrogens (tertiary/aromatic N) is 1. The summed E-state index contributed by atoms with van der Waals surface area (Å²) in [6.45, 7) is 3.19. The van der Waals surface area contributed by atoms with Gasteiger partial charge in [0.15, 0.2) is 5.78 Å². The van der Waals surface area contributed by atoms with Gasteiger partial charge in [-0.2, -0.15) is 0 Å². The number of aryl methyl sites for hydroxylation is 1. The largest absolute Gasteiger partial charge is 0.465 e. The van der Waals surface area contributed by atoms with Crippen molar-refractivity contribution in [3.8, 4) is 11.3 Å². The summed E-state index contributed by atoms with van der Waals surface area (Å²) in [4.78, 5) is 44.1. The number of Topliss-reactive ketones (excluding diaryl/α,β-unsaturated/α-hetero) is 1. The predicted molar refractivity (Wildman–Crippen MR) is 131 cm³/mol. The van der Waals surface area contributed by atoms with Gasteiger partial charge in [0.25, 0.3) is 0 Å². The summed E-state index contributed by atoms with van der Waals surface area (Å²) in [6, 6.07) is 8.52. The first kappa shape index (κ1) is 24.5. The fourth-order valence-electron chi connectivity index (χ4n) is 4.24. The molecule has 0 bridgehead atoms. The number of pyridine rings is 1. The number of fused-ring (bicyclic) bond motifs is 4. The van der Waals surface area contributed by atoms with Gasteiger partial charge in [-0.15, -0.1) is 0 Å². The number of ether oxygens (including phenoxy) is 2. The van der Waals surface area contributed by atoms with Gasteiger partial charge in [0.1, 0.15) is 0 Å². The smallest absolute Gasteiger partial charge is 0.328 e. The van der Waals surface area contributed by atoms with E-state index in [2.05, 4.69) is 0 Å². The SMILES string of the molecule is CCOC(=O)C(C(=O)OCC)C(=O)c1c2c(nc3c(Cl)cc(Cl)cc13)-c1ccc(Cl)cc1CC2. The molecule has 1 aromatic heterocycles. The molecule has 1 aliphatic rings. The van der Waals surface area contributed by atoms with Gasteiger partial charge >= 0.3 is 11.9 Å². The second-order valence-corrected chi connectivity index (χ2v) is 8.98. The molecule has 0 atom stereocenters. The van der Waals surface area contributed by atoms with E-state index in [1.165, 1.54) is 6.07 Å². The second-order valence-electron chi connectivity index (χ2n) is 7.70. The van der Waals surface area contributed by atoms with Gasteiger partial charge in [-0.25, -0.2) is 4.98 Å². The van der Waals surface area contributed by atoms with E-state index < -0.39 is 23.6 Å². The number of hydrogen-bond acceptors (Lipinski definition) is 6. The lowest BCUT2D eigenvalue weighted by atomic mass is 9.82. The number of carbonyl (C=O) groups is 3. The Morgan fingerprint density at radius 3 is 2.26 bits per heavy atom. The van der Waals surface area contributed by atoms with Crippen molar-refractivity contribution in [3.05, 3.63) is 62.1 Å². The monoisotopic (exact) mass is 519 g/mol. The van der Waals surface area contributed by atoms with Crippen molar-refractivity contribution in [2.24, 2.45) is 5.92 Å². The fourth-order valence-corrected chi connectivity index (χ4v) is 4.97. The molecule has 0 unspecified atom stereocenters. The number of halogens is 3. The van der Waals surface area contributed by atoms with Gasteiger partial charge < -0.3 is 9.47 Å². The lowest BCUT2D eigenvalue weighted by molar-refractivity contribution is -0.158. The van der Waals surface area contributed by atoms with E-state index in [4.69, 9.17) is 49.3 Å². The summed E-state index contributed by atoms with van der Waals surface area (Å²) in [7, 11) is 0. The Morgan fingerprint density at radius 1 is 0.941 bits per heavy atom. The number of ketones is 1. The van der Waals surface area contributed by atoms with E-state index in [0.717, 1.165) is 11.1 Å². The highest BCUT2D eigenvalue weighted by molar-refractivity contribution is 6.39. The fraction of sp³-hybridized carbons (Fsp3) is 0.280. The minimum absolute atomic E-state index is 0.00299. The Hall–Kier alpha value is -2.67. The first-order valence-corrected chi connectivity index (χ1v) is 11.9. The third kappa shape index (κ3) is 4.38. The molecule has 0 saturated heterocycles. The maximum absolute atomic E-state index is 13.9. The topological polar surface area (TPSA) is 82.6 Å². The van der Waals surface area contributed by atoms with Crippen LogP contribution in [0.3, 0.4) is 0 Å². The van der Waals surface area contributed by atoms with Crippen LogP contribution in [0.5, 0.6) is 0 Å². The summed E-state index contributed by atoms with van der Waals surface area (Å²) in [5.74, 6) is -4.46. The summed E-state index contributed by atoms with van der Waals surface area (Å²) < 4.78 is 10.1. The molecule has 0 N–H and O–H groups in total. The van der Waals surface area contributed by atoms with Crippen LogP contribution in [0.2, 0.25) is 15.1 Å². The van der Waals surface area contributed by atoms with Gasteiger partial charge in [0.05, 0.1) is 29.4 Å². The van der Waals surface area contributed by atoms with Crippen molar-refractivity contribution in [2.45, 2.75) is 26.7 Å². The molecule has 176 valence electrons. The highest BCUT2D eigenvalue weighted by atomic mass is 35.5. The third-order valence-electron chi connectivity index (χ3n) is 5.63. The first-order chi connectivity index (χ1) is 16.3. The molecule has 34 heavy (non-hydrogen) atoms. The van der Waals surface area contributed by atoms with Crippen molar-refractivity contribution < 1.29 is 23.9 Å². The van der Waals surface area contributed by atoms with Crippen LogP contribution in [-0.4, -0.2) is 35.9 Å². The van der Waals surface area contributed by atoms with E-state index in [0.29, 0.717) is 45.0 Å². The number of rotatable bonds is 6. The van der Waals surface area contributed by atoms with Crippen LogP contribution in [0, 0.1) is 5.92 Å². The molecule has 0 radical (unpaired) electrons. The summed E-state index contributed by atoms with van der Waals surface area (Å²) in [5.41, 5.74) is 3.42. The van der Waals surface area contributed by atoms with Crippen molar-refractivity contribution in [1.82, 2.24) is 4.98 Å². The van der Waals surface area contributed by atoms with Gasteiger partial charge in [-0.3, -0.25) is 14.4 Å². The highest BCUT2D eigenvalue weighted by Crippen LogP contribution is 2.41. The molecule has 1 aliphatic carbocycles. The van der Waals surface area contributed by atoms with Crippen molar-refractivity contribution in [3.63, 3.8) is 0 Å². The first-order valence-electron chi connectivity index (χ1n) is 10.7. The van der Waals surface area contributed by atoms with Crippen LogP contribution >= 0.6 is 34.8 Å². The van der Waals surface area contributed by atoms with E-state index in [1.807, 2.05) is 12.1 Å². The standard InChI is InChI=1S/C25H20Cl3NO5/c1-3-33-24(31)20(25(32)34-4-2)23(30)19-16-7-5-12-9-13(26)6-8-15(12)21(16)29-22-17(19)10-14(27)11-18(22)28/h6,8-11,20H,3-5,7H2,1-2H3. The number of hydrogen-bond donors (Lipinski definition) is 0. The van der Waals surface area contributed by atoms with Gasteiger partial charge in [-0.05, 0) is 62.1 Å². The van der Waals surface area contributed by atoms with Crippen molar-refractivity contribution in [1.29, 1.82) is 0 Å². The predicted octanol–water partition coefficient (Wildman–Crippen LogP) is 5.89. The number of aromatic nitrogens is 1. The van der Waals surface area contributed by atoms with Crippen LogP contribution in [0.15, 0.2) is 30.3 Å². The maximum Gasteiger partial charge on any atom is 0.328 e. The number of esters is 2. The van der Waals surface area contributed by atoms with Crippen LogP contribution in [0.1, 0.15) is 35.3 Å². The molecule has 1 heterocycles.